The maximum atomic E-state index is 12.9. The highest BCUT2D eigenvalue weighted by molar-refractivity contribution is 8.18. The van der Waals surface area contributed by atoms with Gasteiger partial charge in [-0.1, -0.05) is 6.92 Å². The third kappa shape index (κ3) is 3.22. The van der Waals surface area contributed by atoms with E-state index in [4.69, 9.17) is 4.42 Å². The first-order chi connectivity index (χ1) is 11.1. The highest BCUT2D eigenvalue weighted by Crippen LogP contribution is 2.33. The number of benzene rings is 1. The summed E-state index contributed by atoms with van der Waals surface area (Å²) in [6, 6.07) is 9.41. The van der Waals surface area contributed by atoms with Crippen LogP contribution in [0.1, 0.15) is 19.1 Å². The van der Waals surface area contributed by atoms with E-state index in [9.17, 15) is 14.0 Å². The van der Waals surface area contributed by atoms with Gasteiger partial charge in [0.05, 0.1) is 4.91 Å². The van der Waals surface area contributed by atoms with E-state index in [1.54, 1.807) is 30.3 Å². The minimum Gasteiger partial charge on any atom is -0.457 e. The number of hydrogen-bond donors (Lipinski definition) is 0. The SMILES string of the molecule is CCCN1C(=O)S/C(=C/c2ccc(-c3ccc(F)cc3)o2)C1=O. The Morgan fingerprint density at radius 2 is 1.91 bits per heavy atom. The van der Waals surface area contributed by atoms with Crippen molar-refractivity contribution in [3.8, 4) is 11.3 Å². The van der Waals surface area contributed by atoms with Crippen LogP contribution in [0.3, 0.4) is 0 Å². The quantitative estimate of drug-likeness (QED) is 0.772. The molecule has 0 aliphatic carbocycles. The van der Waals surface area contributed by atoms with Crippen molar-refractivity contribution in [1.82, 2.24) is 4.90 Å². The molecule has 2 aromatic rings. The molecule has 1 aliphatic heterocycles. The van der Waals surface area contributed by atoms with Gasteiger partial charge in [-0.3, -0.25) is 14.5 Å². The molecule has 0 saturated carbocycles. The van der Waals surface area contributed by atoms with Crippen molar-refractivity contribution < 1.29 is 18.4 Å². The number of thioether (sulfide) groups is 1. The standard InChI is InChI=1S/C17H14FNO3S/c1-2-9-19-16(20)15(23-17(19)21)10-13-7-8-14(22-13)11-3-5-12(18)6-4-11/h3-8,10H,2,9H2,1H3/b15-10+. The summed E-state index contributed by atoms with van der Waals surface area (Å²) in [5.41, 5.74) is 0.741. The minimum absolute atomic E-state index is 0.256. The van der Waals surface area contributed by atoms with E-state index < -0.39 is 0 Å². The van der Waals surface area contributed by atoms with Crippen molar-refractivity contribution in [3.63, 3.8) is 0 Å². The van der Waals surface area contributed by atoms with Crippen molar-refractivity contribution in [2.24, 2.45) is 0 Å². The van der Waals surface area contributed by atoms with Gasteiger partial charge in [0.2, 0.25) is 0 Å². The molecule has 118 valence electrons. The first kappa shape index (κ1) is 15.6. The van der Waals surface area contributed by atoms with Crippen LogP contribution in [0.4, 0.5) is 9.18 Å². The Morgan fingerprint density at radius 1 is 1.17 bits per heavy atom. The summed E-state index contributed by atoms with van der Waals surface area (Å²) in [4.78, 5) is 25.5. The Balaban J connectivity index is 1.82. The summed E-state index contributed by atoms with van der Waals surface area (Å²) in [5, 5.41) is -0.256. The number of rotatable bonds is 4. The first-order valence-corrected chi connectivity index (χ1v) is 8.01. The molecule has 0 radical (unpaired) electrons. The molecule has 4 nitrogen and oxygen atoms in total. The van der Waals surface area contributed by atoms with E-state index in [1.807, 2.05) is 6.92 Å². The van der Waals surface area contributed by atoms with Gasteiger partial charge in [0.25, 0.3) is 11.1 Å². The Hall–Kier alpha value is -2.34. The average molecular weight is 331 g/mol. The summed E-state index contributed by atoms with van der Waals surface area (Å²) in [6.45, 7) is 2.33. The maximum absolute atomic E-state index is 12.9. The van der Waals surface area contributed by atoms with Crippen LogP contribution in [0.2, 0.25) is 0 Å². The predicted molar refractivity (Wildman–Crippen MR) is 87.1 cm³/mol. The van der Waals surface area contributed by atoms with Crippen LogP contribution >= 0.6 is 11.8 Å². The molecule has 3 rings (SSSR count). The molecular formula is C17H14FNO3S. The van der Waals surface area contributed by atoms with E-state index in [1.165, 1.54) is 17.0 Å². The van der Waals surface area contributed by atoms with Gasteiger partial charge in [-0.15, -0.1) is 0 Å². The minimum atomic E-state index is -0.315. The molecule has 0 atom stereocenters. The molecule has 1 saturated heterocycles. The Labute approximate surface area is 137 Å². The zero-order chi connectivity index (χ0) is 16.4. The predicted octanol–water partition coefficient (Wildman–Crippen LogP) is 4.53. The van der Waals surface area contributed by atoms with Gasteiger partial charge in [0, 0.05) is 18.2 Å². The van der Waals surface area contributed by atoms with E-state index in [0.29, 0.717) is 23.0 Å². The van der Waals surface area contributed by atoms with Gasteiger partial charge in [0.15, 0.2) is 0 Å². The number of carbonyl (C=O) groups excluding carboxylic acids is 2. The maximum Gasteiger partial charge on any atom is 0.293 e. The molecule has 23 heavy (non-hydrogen) atoms. The fourth-order valence-corrected chi connectivity index (χ4v) is 3.09. The van der Waals surface area contributed by atoms with Crippen molar-refractivity contribution in [2.75, 3.05) is 6.54 Å². The van der Waals surface area contributed by atoms with Crippen LogP contribution in [-0.4, -0.2) is 22.6 Å². The number of nitrogens with zero attached hydrogens (tertiary/aromatic N) is 1. The van der Waals surface area contributed by atoms with Crippen LogP contribution in [0.25, 0.3) is 17.4 Å². The van der Waals surface area contributed by atoms with Crippen LogP contribution < -0.4 is 0 Å². The highest BCUT2D eigenvalue weighted by atomic mass is 32.2. The van der Waals surface area contributed by atoms with Gasteiger partial charge in [0.1, 0.15) is 17.3 Å². The fraction of sp³-hybridized carbons (Fsp3) is 0.176. The summed E-state index contributed by atoms with van der Waals surface area (Å²) in [5.74, 6) is 0.446. The molecule has 1 fully saturated rings. The largest absolute Gasteiger partial charge is 0.457 e. The van der Waals surface area contributed by atoms with Gasteiger partial charge < -0.3 is 4.42 Å². The smallest absolute Gasteiger partial charge is 0.293 e. The van der Waals surface area contributed by atoms with Crippen LogP contribution in [0.15, 0.2) is 45.7 Å². The molecule has 0 unspecified atom stereocenters. The summed E-state index contributed by atoms with van der Waals surface area (Å²) in [6.07, 6.45) is 2.29. The van der Waals surface area contributed by atoms with E-state index >= 15 is 0 Å². The second-order valence-corrected chi connectivity index (χ2v) is 6.04. The van der Waals surface area contributed by atoms with E-state index in [2.05, 4.69) is 0 Å². The Kier molecular flexibility index (Phi) is 4.34. The zero-order valence-electron chi connectivity index (χ0n) is 12.4. The molecule has 0 bridgehead atoms. The molecule has 2 heterocycles. The number of amides is 2. The van der Waals surface area contributed by atoms with Gasteiger partial charge >= 0.3 is 0 Å². The van der Waals surface area contributed by atoms with Gasteiger partial charge in [-0.2, -0.15) is 0 Å². The lowest BCUT2D eigenvalue weighted by molar-refractivity contribution is -0.122. The normalized spacial score (nSPS) is 16.6. The van der Waals surface area contributed by atoms with E-state index in [-0.39, 0.29) is 17.0 Å². The van der Waals surface area contributed by atoms with Gasteiger partial charge in [-0.25, -0.2) is 4.39 Å². The molecule has 0 spiro atoms. The molecule has 2 amide bonds. The monoisotopic (exact) mass is 331 g/mol. The first-order valence-electron chi connectivity index (χ1n) is 7.19. The third-order valence-electron chi connectivity index (χ3n) is 3.35. The molecule has 1 aromatic carbocycles. The Morgan fingerprint density at radius 3 is 2.61 bits per heavy atom. The average Bonchev–Trinajstić information content (AvgIpc) is 3.09. The summed E-state index contributed by atoms with van der Waals surface area (Å²) >= 11 is 0.913. The Bertz CT molecular complexity index is 779. The molecule has 0 N–H and O–H groups in total. The molecule has 1 aromatic heterocycles. The number of halogens is 1. The van der Waals surface area contributed by atoms with Gasteiger partial charge in [-0.05, 0) is 54.6 Å². The lowest BCUT2D eigenvalue weighted by Crippen LogP contribution is -2.28. The topological polar surface area (TPSA) is 50.5 Å². The second-order valence-electron chi connectivity index (χ2n) is 5.04. The summed E-state index contributed by atoms with van der Waals surface area (Å²) in [7, 11) is 0. The van der Waals surface area contributed by atoms with Crippen molar-refractivity contribution >= 4 is 29.0 Å². The third-order valence-corrected chi connectivity index (χ3v) is 4.26. The highest BCUT2D eigenvalue weighted by Gasteiger charge is 2.34. The van der Waals surface area contributed by atoms with Crippen LogP contribution in [0.5, 0.6) is 0 Å². The second kappa shape index (κ2) is 6.42. The molecule has 6 heteroatoms. The number of imide groups is 1. The van der Waals surface area contributed by atoms with E-state index in [0.717, 1.165) is 23.7 Å². The molecular weight excluding hydrogens is 317 g/mol. The number of hydrogen-bond acceptors (Lipinski definition) is 4. The van der Waals surface area contributed by atoms with Crippen molar-refractivity contribution in [1.29, 1.82) is 0 Å². The lowest BCUT2D eigenvalue weighted by atomic mass is 10.2. The summed E-state index contributed by atoms with van der Waals surface area (Å²) < 4.78 is 18.6. The van der Waals surface area contributed by atoms with Crippen LogP contribution in [0, 0.1) is 5.82 Å². The number of furan rings is 1. The lowest BCUT2D eigenvalue weighted by Gasteiger charge is -2.09. The fourth-order valence-electron chi connectivity index (χ4n) is 2.25. The van der Waals surface area contributed by atoms with Crippen LogP contribution in [-0.2, 0) is 4.79 Å². The molecule has 1 aliphatic rings. The van der Waals surface area contributed by atoms with Crippen molar-refractivity contribution in [2.45, 2.75) is 13.3 Å². The number of carbonyl (C=O) groups is 2. The van der Waals surface area contributed by atoms with Crippen molar-refractivity contribution in [3.05, 3.63) is 52.9 Å². The zero-order valence-corrected chi connectivity index (χ0v) is 13.2.